The highest BCUT2D eigenvalue weighted by molar-refractivity contribution is 6.75. The van der Waals surface area contributed by atoms with Crippen molar-refractivity contribution in [1.82, 2.24) is 14.9 Å². The van der Waals surface area contributed by atoms with E-state index in [1.165, 1.54) is 11.6 Å². The topological polar surface area (TPSA) is 122 Å². The van der Waals surface area contributed by atoms with Crippen molar-refractivity contribution in [3.05, 3.63) is 22.7 Å². The monoisotopic (exact) mass is 658 g/mol. The minimum absolute atomic E-state index is 0.0122. The molecule has 0 spiro atoms. The van der Waals surface area contributed by atoms with Crippen LogP contribution in [0.15, 0.2) is 17.1 Å². The summed E-state index contributed by atoms with van der Waals surface area (Å²) in [5.74, 6) is 0.0941. The molecule has 14 heteroatoms. The van der Waals surface area contributed by atoms with Crippen LogP contribution in [0, 0.1) is 0 Å². The molecule has 2 heterocycles. The Kier molecular flexibility index (Phi) is 11.4. The number of amides is 1. The van der Waals surface area contributed by atoms with Gasteiger partial charge in [-0.2, -0.15) is 10.5 Å². The molecule has 1 aliphatic rings. The van der Waals surface area contributed by atoms with Crippen LogP contribution >= 0.6 is 0 Å². The average Bonchev–Trinajstić information content (AvgIpc) is 3.14. The first-order valence-corrected chi connectivity index (χ1v) is 23.9. The Hall–Kier alpha value is -1.56. The molecular formula is C29H58N4O7Si3. The fourth-order valence-electron chi connectivity index (χ4n) is 3.69. The fraction of sp³-hybridized carbons (Fsp3) is 0.828. The third-order valence-corrected chi connectivity index (χ3v) is 23.2. The van der Waals surface area contributed by atoms with Gasteiger partial charge in [0.2, 0.25) is 0 Å². The van der Waals surface area contributed by atoms with Gasteiger partial charge in [0.15, 0.2) is 37.0 Å². The van der Waals surface area contributed by atoms with Crippen molar-refractivity contribution in [3.8, 4) is 0 Å². The number of hydrogen-bond donors (Lipinski definition) is 2. The Morgan fingerprint density at radius 3 is 1.81 bits per heavy atom. The molecule has 11 nitrogen and oxygen atoms in total. The van der Waals surface area contributed by atoms with Gasteiger partial charge in [0, 0.05) is 19.3 Å². The Morgan fingerprint density at radius 2 is 1.37 bits per heavy atom. The van der Waals surface area contributed by atoms with Crippen LogP contribution in [0.4, 0.5) is 10.6 Å². The quantitative estimate of drug-likeness (QED) is 0.211. The molecular weight excluding hydrogens is 601 g/mol. The second kappa shape index (κ2) is 13.0. The van der Waals surface area contributed by atoms with Gasteiger partial charge in [0.25, 0.3) is 0 Å². The predicted molar refractivity (Wildman–Crippen MR) is 179 cm³/mol. The van der Waals surface area contributed by atoms with E-state index >= 15 is 0 Å². The summed E-state index contributed by atoms with van der Waals surface area (Å²) in [6, 6.07) is 1.56. The molecule has 0 radical (unpaired) electrons. The standard InChI is InChI=1S/C29H58N4O7Si3/c1-27(2,3)41(11,12)36-19-20-22(39-42(13,14)28(4,5)6)23(40-43(15,16)29(7,8)9)24(37-20)33-18-17-21(31-25(33)34)32-38-26(35)30-10/h17-18,20,22-24H,19H2,1-16H3,(H,30,35)(H,31,32,34)/t20-,22+,23?,24-/m1/s1. The maximum absolute atomic E-state index is 13.4. The molecule has 43 heavy (non-hydrogen) atoms. The first kappa shape index (κ1) is 37.6. The lowest BCUT2D eigenvalue weighted by Crippen LogP contribution is -2.54. The molecule has 0 aromatic carbocycles. The SMILES string of the molecule is CNC(=O)ONc1ccn([C@@H]2O[C@H](CO[Si](C)(C)C(C)(C)C)[C@H](O[Si](C)(C)C(C)(C)C)C2O[Si](C)(C)C(C)(C)C)c(=O)n1. The number of nitrogens with one attached hydrogen (secondary N) is 2. The number of rotatable bonds is 10. The van der Waals surface area contributed by atoms with Crippen molar-refractivity contribution in [3.63, 3.8) is 0 Å². The largest absolute Gasteiger partial charge is 0.431 e. The lowest BCUT2D eigenvalue weighted by molar-refractivity contribution is -0.0509. The normalized spacial score (nSPS) is 22.4. The van der Waals surface area contributed by atoms with E-state index in [1.807, 2.05) is 0 Å². The summed E-state index contributed by atoms with van der Waals surface area (Å²) in [5, 5.41) is 2.19. The summed E-state index contributed by atoms with van der Waals surface area (Å²) in [6.45, 7) is 33.4. The second-order valence-electron chi connectivity index (χ2n) is 16.1. The van der Waals surface area contributed by atoms with Crippen LogP contribution in [-0.4, -0.2) is 72.6 Å². The molecule has 248 valence electrons. The van der Waals surface area contributed by atoms with Crippen molar-refractivity contribution in [1.29, 1.82) is 0 Å². The highest BCUT2D eigenvalue weighted by atomic mass is 28.4. The molecule has 0 aliphatic carbocycles. The molecule has 1 amide bonds. The summed E-state index contributed by atoms with van der Waals surface area (Å²) in [6.07, 6.45) is -1.44. The number of carbonyl (C=O) groups is 1. The Bertz CT molecular complexity index is 1170. The van der Waals surface area contributed by atoms with E-state index in [2.05, 4.69) is 117 Å². The molecule has 2 rings (SSSR count). The van der Waals surface area contributed by atoms with E-state index in [9.17, 15) is 9.59 Å². The molecule has 1 fully saturated rings. The van der Waals surface area contributed by atoms with Crippen molar-refractivity contribution in [2.75, 3.05) is 19.1 Å². The van der Waals surface area contributed by atoms with Gasteiger partial charge in [0.1, 0.15) is 18.3 Å². The number of nitrogens with zero attached hydrogens (tertiary/aromatic N) is 2. The van der Waals surface area contributed by atoms with E-state index < -0.39 is 61.3 Å². The third-order valence-electron chi connectivity index (χ3n) is 9.73. The van der Waals surface area contributed by atoms with Crippen molar-refractivity contribution >= 4 is 36.9 Å². The first-order chi connectivity index (χ1) is 19.2. The number of aromatic nitrogens is 2. The fourth-order valence-corrected chi connectivity index (χ4v) is 7.31. The maximum Gasteiger partial charge on any atom is 0.431 e. The minimum atomic E-state index is -2.37. The molecule has 1 aromatic heterocycles. The van der Waals surface area contributed by atoms with Crippen LogP contribution < -0.4 is 16.5 Å². The van der Waals surface area contributed by atoms with Gasteiger partial charge in [-0.05, 0) is 54.4 Å². The van der Waals surface area contributed by atoms with Crippen LogP contribution in [0.3, 0.4) is 0 Å². The minimum Gasteiger partial charge on any atom is -0.414 e. The summed E-state index contributed by atoms with van der Waals surface area (Å²) in [7, 11) is -5.39. The van der Waals surface area contributed by atoms with Crippen LogP contribution in [-0.2, 0) is 22.9 Å². The van der Waals surface area contributed by atoms with Crippen LogP contribution in [0.5, 0.6) is 0 Å². The number of ether oxygens (including phenoxy) is 1. The van der Waals surface area contributed by atoms with E-state index in [1.54, 1.807) is 12.3 Å². The van der Waals surface area contributed by atoms with Crippen LogP contribution in [0.1, 0.15) is 68.5 Å². The molecule has 0 saturated carbocycles. The lowest BCUT2D eigenvalue weighted by atomic mass is 10.1. The summed E-state index contributed by atoms with van der Waals surface area (Å²) in [5.41, 5.74) is 1.83. The predicted octanol–water partition coefficient (Wildman–Crippen LogP) is 6.63. The molecule has 1 aromatic rings. The maximum atomic E-state index is 13.4. The molecule has 0 bridgehead atoms. The summed E-state index contributed by atoms with van der Waals surface area (Å²) < 4.78 is 29.1. The summed E-state index contributed by atoms with van der Waals surface area (Å²) >= 11 is 0. The van der Waals surface area contributed by atoms with Crippen LogP contribution in [0.25, 0.3) is 0 Å². The van der Waals surface area contributed by atoms with E-state index in [0.717, 1.165) is 0 Å². The number of carbonyl (C=O) groups excluding carboxylic acids is 1. The molecule has 2 N–H and O–H groups in total. The van der Waals surface area contributed by atoms with Gasteiger partial charge in [-0.1, -0.05) is 62.3 Å². The van der Waals surface area contributed by atoms with E-state index in [-0.39, 0.29) is 20.9 Å². The van der Waals surface area contributed by atoms with Gasteiger partial charge in [0.05, 0.1) is 6.61 Å². The van der Waals surface area contributed by atoms with Gasteiger partial charge >= 0.3 is 11.8 Å². The number of anilines is 1. The van der Waals surface area contributed by atoms with Gasteiger partial charge in [-0.15, -0.1) is 0 Å². The zero-order chi connectivity index (χ0) is 33.4. The zero-order valence-electron chi connectivity index (χ0n) is 29.4. The zero-order valence-corrected chi connectivity index (χ0v) is 32.4. The number of hydrogen-bond acceptors (Lipinski definition) is 9. The third kappa shape index (κ3) is 9.01. The van der Waals surface area contributed by atoms with Crippen LogP contribution in [0.2, 0.25) is 54.4 Å². The Labute approximate surface area is 262 Å². The van der Waals surface area contributed by atoms with E-state index in [4.69, 9.17) is 22.9 Å². The van der Waals surface area contributed by atoms with Gasteiger partial charge in [-0.3, -0.25) is 4.57 Å². The summed E-state index contributed by atoms with van der Waals surface area (Å²) in [4.78, 5) is 33.9. The molecule has 4 atom stereocenters. The Balaban J connectivity index is 2.64. The molecule has 1 aliphatic heterocycles. The lowest BCUT2D eigenvalue weighted by Gasteiger charge is -2.44. The average molecular weight is 659 g/mol. The van der Waals surface area contributed by atoms with Gasteiger partial charge in [-0.25, -0.2) is 9.59 Å². The van der Waals surface area contributed by atoms with Crippen molar-refractivity contribution < 1.29 is 27.6 Å². The van der Waals surface area contributed by atoms with Gasteiger partial charge < -0.3 is 28.2 Å². The molecule has 1 unspecified atom stereocenters. The highest BCUT2D eigenvalue weighted by Crippen LogP contribution is 2.46. The van der Waals surface area contributed by atoms with Crippen molar-refractivity contribution in [2.45, 2.75) is 141 Å². The van der Waals surface area contributed by atoms with E-state index in [0.29, 0.717) is 6.61 Å². The molecule has 1 saturated heterocycles. The van der Waals surface area contributed by atoms with Crippen molar-refractivity contribution in [2.24, 2.45) is 0 Å². The first-order valence-electron chi connectivity index (χ1n) is 15.1. The highest BCUT2D eigenvalue weighted by Gasteiger charge is 2.55. The smallest absolute Gasteiger partial charge is 0.414 e. The Morgan fingerprint density at radius 1 is 0.884 bits per heavy atom. The second-order valence-corrected chi connectivity index (χ2v) is 30.4.